The Labute approximate surface area is 112 Å². The number of anilines is 3. The maximum Gasteiger partial charge on any atom is 0.128 e. The number of nitrogens with two attached hydrogens (primary N) is 1. The van der Waals surface area contributed by atoms with Gasteiger partial charge < -0.3 is 15.8 Å². The Bertz CT molecular complexity index is 567. The van der Waals surface area contributed by atoms with Crippen LogP contribution < -0.4 is 15.8 Å². The van der Waals surface area contributed by atoms with Gasteiger partial charge >= 0.3 is 0 Å². The van der Waals surface area contributed by atoms with Gasteiger partial charge in [0.25, 0.3) is 0 Å². The summed E-state index contributed by atoms with van der Waals surface area (Å²) in [6, 6.07) is 10.6. The summed E-state index contributed by atoms with van der Waals surface area (Å²) in [7, 11) is 0. The second kappa shape index (κ2) is 5.61. The molecule has 0 bridgehead atoms. The van der Waals surface area contributed by atoms with Gasteiger partial charge in [0.2, 0.25) is 0 Å². The van der Waals surface area contributed by atoms with Crippen molar-refractivity contribution in [2.24, 2.45) is 0 Å². The highest BCUT2D eigenvalue weighted by atomic mass is 19.1. The van der Waals surface area contributed by atoms with E-state index in [9.17, 15) is 4.39 Å². The maximum atomic E-state index is 13.3. The lowest BCUT2D eigenvalue weighted by atomic mass is 10.1. The van der Waals surface area contributed by atoms with Crippen molar-refractivity contribution < 1.29 is 9.13 Å². The monoisotopic (exact) mass is 260 g/mol. The number of hydrogen-bond acceptors (Lipinski definition) is 3. The molecule has 0 heterocycles. The van der Waals surface area contributed by atoms with Crippen molar-refractivity contribution >= 4 is 17.1 Å². The van der Waals surface area contributed by atoms with Crippen LogP contribution in [-0.4, -0.2) is 6.61 Å². The van der Waals surface area contributed by atoms with Crippen LogP contribution in [0.5, 0.6) is 5.75 Å². The summed E-state index contributed by atoms with van der Waals surface area (Å²) in [5, 5.41) is 3.16. The molecule has 0 saturated heterocycles. The van der Waals surface area contributed by atoms with E-state index >= 15 is 0 Å². The number of hydrogen-bond donors (Lipinski definition) is 2. The number of nitrogen functional groups attached to an aromatic ring is 1. The van der Waals surface area contributed by atoms with Gasteiger partial charge in [-0.3, -0.25) is 0 Å². The Morgan fingerprint density at radius 2 is 1.89 bits per heavy atom. The van der Waals surface area contributed by atoms with E-state index < -0.39 is 0 Å². The fraction of sp³-hybridized carbons (Fsp3) is 0.200. The van der Waals surface area contributed by atoms with Crippen molar-refractivity contribution in [3.8, 4) is 5.75 Å². The second-order valence-corrected chi connectivity index (χ2v) is 4.27. The molecule has 0 aliphatic rings. The van der Waals surface area contributed by atoms with Crippen LogP contribution >= 0.6 is 0 Å². The first-order valence-electron chi connectivity index (χ1n) is 6.15. The Kier molecular flexibility index (Phi) is 3.90. The molecule has 19 heavy (non-hydrogen) atoms. The Hall–Kier alpha value is -2.23. The molecule has 0 spiro atoms. The fourth-order valence-electron chi connectivity index (χ4n) is 1.76. The number of halogens is 1. The van der Waals surface area contributed by atoms with Gasteiger partial charge in [-0.25, -0.2) is 4.39 Å². The van der Waals surface area contributed by atoms with Gasteiger partial charge in [0.15, 0.2) is 0 Å². The van der Waals surface area contributed by atoms with E-state index in [1.54, 1.807) is 13.0 Å². The number of nitrogens with one attached hydrogen (secondary N) is 1. The fourth-order valence-corrected chi connectivity index (χ4v) is 1.76. The summed E-state index contributed by atoms with van der Waals surface area (Å²) in [5.41, 5.74) is 8.31. The highest BCUT2D eigenvalue weighted by molar-refractivity contribution is 5.73. The molecule has 2 aromatic carbocycles. The van der Waals surface area contributed by atoms with Gasteiger partial charge in [0.1, 0.15) is 11.6 Å². The first-order chi connectivity index (χ1) is 9.10. The van der Waals surface area contributed by atoms with Crippen molar-refractivity contribution in [3.05, 3.63) is 47.8 Å². The third-order valence-corrected chi connectivity index (χ3v) is 2.78. The van der Waals surface area contributed by atoms with E-state index in [2.05, 4.69) is 5.32 Å². The zero-order valence-corrected chi connectivity index (χ0v) is 11.0. The molecule has 0 radical (unpaired) electrons. The van der Waals surface area contributed by atoms with Gasteiger partial charge in [-0.15, -0.1) is 0 Å². The predicted octanol–water partition coefficient (Wildman–Crippen LogP) is 3.86. The standard InChI is InChI=1S/C15H17FN2O/c1-3-19-12-6-4-11(5-7-12)18-15-8-10(2)13(16)9-14(15)17/h4-9,18H,3,17H2,1-2H3. The molecule has 0 aromatic heterocycles. The lowest BCUT2D eigenvalue weighted by molar-refractivity contribution is 0.340. The molecule has 4 heteroatoms. The largest absolute Gasteiger partial charge is 0.494 e. The van der Waals surface area contributed by atoms with E-state index in [4.69, 9.17) is 10.5 Å². The molecule has 0 saturated carbocycles. The first kappa shape index (κ1) is 13.2. The van der Waals surface area contributed by atoms with Crippen molar-refractivity contribution in [3.63, 3.8) is 0 Å². The van der Waals surface area contributed by atoms with Crippen LogP contribution in [0.1, 0.15) is 12.5 Å². The molecule has 0 unspecified atom stereocenters. The average molecular weight is 260 g/mol. The minimum Gasteiger partial charge on any atom is -0.494 e. The third kappa shape index (κ3) is 3.16. The van der Waals surface area contributed by atoms with Gasteiger partial charge in [-0.05, 0) is 55.8 Å². The Morgan fingerprint density at radius 3 is 2.53 bits per heavy atom. The number of benzene rings is 2. The molecule has 0 atom stereocenters. The van der Waals surface area contributed by atoms with E-state index in [-0.39, 0.29) is 5.82 Å². The summed E-state index contributed by atoms with van der Waals surface area (Å²) in [4.78, 5) is 0. The third-order valence-electron chi connectivity index (χ3n) is 2.78. The molecule has 3 N–H and O–H groups in total. The molecule has 0 aliphatic heterocycles. The Balaban J connectivity index is 2.19. The van der Waals surface area contributed by atoms with Crippen molar-refractivity contribution in [2.45, 2.75) is 13.8 Å². The predicted molar refractivity (Wildman–Crippen MR) is 76.4 cm³/mol. The number of aryl methyl sites for hydroxylation is 1. The van der Waals surface area contributed by atoms with E-state index in [0.29, 0.717) is 23.5 Å². The van der Waals surface area contributed by atoms with Gasteiger partial charge in [-0.2, -0.15) is 0 Å². The molecule has 0 fully saturated rings. The van der Waals surface area contributed by atoms with Gasteiger partial charge in [0.05, 0.1) is 18.0 Å². The topological polar surface area (TPSA) is 47.3 Å². The number of rotatable bonds is 4. The van der Waals surface area contributed by atoms with E-state index in [0.717, 1.165) is 11.4 Å². The lowest BCUT2D eigenvalue weighted by Crippen LogP contribution is -1.99. The number of ether oxygens (including phenoxy) is 1. The SMILES string of the molecule is CCOc1ccc(Nc2cc(C)c(F)cc2N)cc1. The van der Waals surface area contributed by atoms with Crippen LogP contribution in [0.4, 0.5) is 21.5 Å². The molecule has 0 amide bonds. The zero-order chi connectivity index (χ0) is 13.8. The van der Waals surface area contributed by atoms with E-state index in [1.807, 2.05) is 31.2 Å². The van der Waals surface area contributed by atoms with Crippen LogP contribution in [-0.2, 0) is 0 Å². The van der Waals surface area contributed by atoms with Crippen LogP contribution in [0.15, 0.2) is 36.4 Å². The smallest absolute Gasteiger partial charge is 0.128 e. The van der Waals surface area contributed by atoms with Crippen LogP contribution in [0.3, 0.4) is 0 Å². The highest BCUT2D eigenvalue weighted by Gasteiger charge is 2.05. The highest BCUT2D eigenvalue weighted by Crippen LogP contribution is 2.27. The van der Waals surface area contributed by atoms with Crippen LogP contribution in [0.2, 0.25) is 0 Å². The van der Waals surface area contributed by atoms with Crippen molar-refractivity contribution in [1.82, 2.24) is 0 Å². The van der Waals surface area contributed by atoms with Crippen LogP contribution in [0.25, 0.3) is 0 Å². The summed E-state index contributed by atoms with van der Waals surface area (Å²) < 4.78 is 18.7. The Morgan fingerprint density at radius 1 is 1.21 bits per heavy atom. The van der Waals surface area contributed by atoms with Crippen molar-refractivity contribution in [2.75, 3.05) is 17.7 Å². The minimum absolute atomic E-state index is 0.297. The maximum absolute atomic E-state index is 13.3. The molecule has 3 nitrogen and oxygen atoms in total. The molecule has 2 rings (SSSR count). The quantitative estimate of drug-likeness (QED) is 0.821. The van der Waals surface area contributed by atoms with Crippen molar-refractivity contribution in [1.29, 1.82) is 0 Å². The normalized spacial score (nSPS) is 10.3. The molecule has 100 valence electrons. The first-order valence-corrected chi connectivity index (χ1v) is 6.15. The average Bonchev–Trinajstić information content (AvgIpc) is 2.38. The minimum atomic E-state index is -0.297. The van der Waals surface area contributed by atoms with Crippen LogP contribution in [0, 0.1) is 12.7 Å². The van der Waals surface area contributed by atoms with Gasteiger partial charge in [-0.1, -0.05) is 0 Å². The van der Waals surface area contributed by atoms with Gasteiger partial charge in [0, 0.05) is 5.69 Å². The summed E-state index contributed by atoms with van der Waals surface area (Å²) in [6.07, 6.45) is 0. The molecular formula is C15H17FN2O. The summed E-state index contributed by atoms with van der Waals surface area (Å²) >= 11 is 0. The summed E-state index contributed by atoms with van der Waals surface area (Å²) in [5.74, 6) is 0.519. The molecule has 2 aromatic rings. The van der Waals surface area contributed by atoms with E-state index in [1.165, 1.54) is 6.07 Å². The molecular weight excluding hydrogens is 243 g/mol. The zero-order valence-electron chi connectivity index (χ0n) is 11.0. The molecule has 0 aliphatic carbocycles. The second-order valence-electron chi connectivity index (χ2n) is 4.27. The summed E-state index contributed by atoms with van der Waals surface area (Å²) in [6.45, 7) is 4.28. The lowest BCUT2D eigenvalue weighted by Gasteiger charge is -2.11.